The fraction of sp³-hybridized carbons (Fsp3) is 0.333. The van der Waals surface area contributed by atoms with Gasteiger partial charge in [0, 0.05) is 12.3 Å². The van der Waals surface area contributed by atoms with Gasteiger partial charge in [-0.05, 0) is 18.4 Å². The third kappa shape index (κ3) is 4.60. The Morgan fingerprint density at radius 2 is 2.09 bits per heavy atom. The Morgan fingerprint density at radius 3 is 2.70 bits per heavy atom. The molecular weight excluding hydrogens is 301 g/mol. The van der Waals surface area contributed by atoms with Crippen LogP contribution in [0.1, 0.15) is 30.6 Å². The number of hydrogen-bond acceptors (Lipinski definition) is 4. The van der Waals surface area contributed by atoms with Gasteiger partial charge in [-0.1, -0.05) is 13.8 Å². The number of halogens is 1. The number of aromatic amines is 1. The first-order chi connectivity index (χ1) is 11.0. The van der Waals surface area contributed by atoms with Gasteiger partial charge in [0.25, 0.3) is 5.91 Å². The van der Waals surface area contributed by atoms with Crippen molar-refractivity contribution < 1.29 is 14.0 Å². The standard InChI is InChI=1S/C15H18FN5O2/c1-9(2)7-12(15(23)20-13-4-6-18-21-13)19-14(22)10-3-5-17-8-11(10)16/h3-6,8-9,12H,7H2,1-2H3,(H,19,22)(H2,18,20,21,23). The molecule has 2 amide bonds. The maximum absolute atomic E-state index is 13.6. The Kier molecular flexibility index (Phi) is 5.40. The topological polar surface area (TPSA) is 99.8 Å². The Morgan fingerprint density at radius 1 is 1.30 bits per heavy atom. The number of hydrogen-bond donors (Lipinski definition) is 3. The molecule has 1 atom stereocenters. The molecule has 8 heteroatoms. The van der Waals surface area contributed by atoms with E-state index in [4.69, 9.17) is 0 Å². The molecule has 0 aliphatic heterocycles. The molecule has 2 heterocycles. The molecule has 0 saturated carbocycles. The van der Waals surface area contributed by atoms with Crippen molar-refractivity contribution in [1.29, 1.82) is 0 Å². The number of anilines is 1. The third-order valence-corrected chi connectivity index (χ3v) is 3.10. The van der Waals surface area contributed by atoms with Crippen molar-refractivity contribution in [2.75, 3.05) is 5.32 Å². The molecule has 0 bridgehead atoms. The van der Waals surface area contributed by atoms with Crippen molar-refractivity contribution in [2.45, 2.75) is 26.3 Å². The lowest BCUT2D eigenvalue weighted by atomic mass is 10.0. The molecule has 0 aromatic carbocycles. The molecule has 0 aliphatic carbocycles. The molecule has 0 aliphatic rings. The van der Waals surface area contributed by atoms with Crippen LogP contribution in [0.15, 0.2) is 30.7 Å². The van der Waals surface area contributed by atoms with E-state index in [1.807, 2.05) is 13.8 Å². The van der Waals surface area contributed by atoms with E-state index in [1.54, 1.807) is 6.07 Å². The average molecular weight is 319 g/mol. The molecule has 0 radical (unpaired) electrons. The molecular formula is C15H18FN5O2. The van der Waals surface area contributed by atoms with Crippen molar-refractivity contribution in [3.8, 4) is 0 Å². The van der Waals surface area contributed by atoms with Crippen molar-refractivity contribution in [1.82, 2.24) is 20.5 Å². The fourth-order valence-corrected chi connectivity index (χ4v) is 2.04. The summed E-state index contributed by atoms with van der Waals surface area (Å²) in [5.74, 6) is -1.20. The van der Waals surface area contributed by atoms with Gasteiger partial charge in [0.2, 0.25) is 5.91 Å². The number of nitrogens with zero attached hydrogens (tertiary/aromatic N) is 2. The molecule has 2 rings (SSSR count). The van der Waals surface area contributed by atoms with E-state index >= 15 is 0 Å². The number of nitrogens with one attached hydrogen (secondary N) is 3. The minimum Gasteiger partial charge on any atom is -0.340 e. The number of carbonyl (C=O) groups excluding carboxylic acids is 2. The van der Waals surface area contributed by atoms with E-state index in [0.29, 0.717) is 12.2 Å². The molecule has 23 heavy (non-hydrogen) atoms. The summed E-state index contributed by atoms with van der Waals surface area (Å²) in [4.78, 5) is 28.1. The van der Waals surface area contributed by atoms with Gasteiger partial charge in [0.1, 0.15) is 11.9 Å². The van der Waals surface area contributed by atoms with Crippen LogP contribution in [-0.2, 0) is 4.79 Å². The van der Waals surface area contributed by atoms with Crippen LogP contribution in [-0.4, -0.2) is 33.0 Å². The SMILES string of the molecule is CC(C)CC(NC(=O)c1ccncc1F)C(=O)Nc1ccn[nH]1. The summed E-state index contributed by atoms with van der Waals surface area (Å²) in [6.45, 7) is 3.85. The summed E-state index contributed by atoms with van der Waals surface area (Å²) < 4.78 is 13.6. The summed E-state index contributed by atoms with van der Waals surface area (Å²) in [5.41, 5.74) is -0.150. The predicted molar refractivity (Wildman–Crippen MR) is 82.1 cm³/mol. The minimum atomic E-state index is -0.793. The van der Waals surface area contributed by atoms with Crippen molar-refractivity contribution in [3.63, 3.8) is 0 Å². The van der Waals surface area contributed by atoms with E-state index in [1.165, 1.54) is 18.5 Å². The molecule has 122 valence electrons. The lowest BCUT2D eigenvalue weighted by Gasteiger charge is -2.19. The Bertz CT molecular complexity index is 672. The highest BCUT2D eigenvalue weighted by Crippen LogP contribution is 2.10. The largest absolute Gasteiger partial charge is 0.340 e. The highest BCUT2D eigenvalue weighted by molar-refractivity contribution is 6.00. The maximum atomic E-state index is 13.6. The van der Waals surface area contributed by atoms with E-state index in [-0.39, 0.29) is 11.5 Å². The summed E-state index contributed by atoms with van der Waals surface area (Å²) in [5, 5.41) is 11.5. The van der Waals surface area contributed by atoms with Gasteiger partial charge < -0.3 is 10.6 Å². The number of aromatic nitrogens is 3. The van der Waals surface area contributed by atoms with Crippen molar-refractivity contribution >= 4 is 17.6 Å². The molecule has 2 aromatic heterocycles. The summed E-state index contributed by atoms with van der Waals surface area (Å²) >= 11 is 0. The first-order valence-electron chi connectivity index (χ1n) is 7.18. The van der Waals surface area contributed by atoms with E-state index in [0.717, 1.165) is 6.20 Å². The summed E-state index contributed by atoms with van der Waals surface area (Å²) in [6, 6.07) is 2.07. The predicted octanol–water partition coefficient (Wildman–Crippen LogP) is 1.73. The Hall–Kier alpha value is -2.77. The molecule has 3 N–H and O–H groups in total. The third-order valence-electron chi connectivity index (χ3n) is 3.10. The number of H-pyrrole nitrogens is 1. The van der Waals surface area contributed by atoms with Crippen molar-refractivity contribution in [2.24, 2.45) is 5.92 Å². The average Bonchev–Trinajstić information content (AvgIpc) is 2.99. The van der Waals surface area contributed by atoms with Crippen LogP contribution in [0, 0.1) is 11.7 Å². The lowest BCUT2D eigenvalue weighted by Crippen LogP contribution is -2.44. The number of rotatable bonds is 6. The first kappa shape index (κ1) is 16.6. The van der Waals surface area contributed by atoms with Gasteiger partial charge in [-0.25, -0.2) is 4.39 Å². The Labute approximate surface area is 132 Å². The maximum Gasteiger partial charge on any atom is 0.255 e. The molecule has 0 fully saturated rings. The highest BCUT2D eigenvalue weighted by atomic mass is 19.1. The number of carbonyl (C=O) groups is 2. The fourth-order valence-electron chi connectivity index (χ4n) is 2.04. The van der Waals surface area contributed by atoms with Crippen LogP contribution >= 0.6 is 0 Å². The zero-order valence-corrected chi connectivity index (χ0v) is 12.8. The van der Waals surface area contributed by atoms with E-state index in [2.05, 4.69) is 25.8 Å². The van der Waals surface area contributed by atoms with Crippen LogP contribution in [0.25, 0.3) is 0 Å². The minimum absolute atomic E-state index is 0.150. The molecule has 1 unspecified atom stereocenters. The summed E-state index contributed by atoms with van der Waals surface area (Å²) in [7, 11) is 0. The second-order valence-corrected chi connectivity index (χ2v) is 5.47. The zero-order chi connectivity index (χ0) is 16.8. The van der Waals surface area contributed by atoms with Gasteiger partial charge in [0.15, 0.2) is 5.82 Å². The molecule has 0 saturated heterocycles. The number of amides is 2. The Balaban J connectivity index is 2.10. The van der Waals surface area contributed by atoms with Crippen LogP contribution in [0.2, 0.25) is 0 Å². The highest BCUT2D eigenvalue weighted by Gasteiger charge is 2.24. The summed E-state index contributed by atoms with van der Waals surface area (Å²) in [6.07, 6.45) is 4.19. The van der Waals surface area contributed by atoms with Crippen LogP contribution < -0.4 is 10.6 Å². The van der Waals surface area contributed by atoms with Crippen LogP contribution in [0.3, 0.4) is 0 Å². The van der Waals surface area contributed by atoms with Gasteiger partial charge in [-0.15, -0.1) is 0 Å². The van der Waals surface area contributed by atoms with Gasteiger partial charge >= 0.3 is 0 Å². The second kappa shape index (κ2) is 7.48. The smallest absolute Gasteiger partial charge is 0.255 e. The van der Waals surface area contributed by atoms with Crippen molar-refractivity contribution in [3.05, 3.63) is 42.1 Å². The van der Waals surface area contributed by atoms with Crippen LogP contribution in [0.4, 0.5) is 10.2 Å². The molecule has 7 nitrogen and oxygen atoms in total. The van der Waals surface area contributed by atoms with Gasteiger partial charge in [-0.2, -0.15) is 5.10 Å². The number of pyridine rings is 1. The lowest BCUT2D eigenvalue weighted by molar-refractivity contribution is -0.118. The van der Waals surface area contributed by atoms with Gasteiger partial charge in [0.05, 0.1) is 18.0 Å². The second-order valence-electron chi connectivity index (χ2n) is 5.47. The first-order valence-corrected chi connectivity index (χ1v) is 7.18. The van der Waals surface area contributed by atoms with Gasteiger partial charge in [-0.3, -0.25) is 19.7 Å². The normalized spacial score (nSPS) is 12.0. The quantitative estimate of drug-likeness (QED) is 0.755. The molecule has 0 spiro atoms. The van der Waals surface area contributed by atoms with E-state index in [9.17, 15) is 14.0 Å². The zero-order valence-electron chi connectivity index (χ0n) is 12.8. The monoisotopic (exact) mass is 319 g/mol. The van der Waals surface area contributed by atoms with E-state index < -0.39 is 23.7 Å². The van der Waals surface area contributed by atoms with Crippen LogP contribution in [0.5, 0.6) is 0 Å². The molecule has 2 aromatic rings.